The first kappa shape index (κ1) is 14.5. The molecule has 0 aliphatic rings. The first-order valence-electron chi connectivity index (χ1n) is 5.90. The number of hydrogen-bond donors (Lipinski definition) is 2. The van der Waals surface area contributed by atoms with Crippen LogP contribution in [0.1, 0.15) is 33.3 Å². The Kier molecular flexibility index (Phi) is 4.59. The summed E-state index contributed by atoms with van der Waals surface area (Å²) in [5.41, 5.74) is 0.362. The summed E-state index contributed by atoms with van der Waals surface area (Å²) in [6, 6.07) is 7.61. The van der Waals surface area contributed by atoms with Crippen LogP contribution in [-0.2, 0) is 6.42 Å². The van der Waals surface area contributed by atoms with Crippen molar-refractivity contribution in [3.8, 4) is 0 Å². The number of halogens is 1. The van der Waals surface area contributed by atoms with Crippen molar-refractivity contribution in [2.75, 3.05) is 6.54 Å². The van der Waals surface area contributed by atoms with Gasteiger partial charge in [-0.1, -0.05) is 23.7 Å². The zero-order valence-corrected chi connectivity index (χ0v) is 11.8. The molecule has 0 bridgehead atoms. The van der Waals surface area contributed by atoms with Gasteiger partial charge in [0, 0.05) is 23.5 Å². The first-order chi connectivity index (χ1) is 7.68. The average Bonchev–Trinajstić information content (AvgIpc) is 2.18. The van der Waals surface area contributed by atoms with Gasteiger partial charge in [-0.05, 0) is 45.4 Å². The van der Waals surface area contributed by atoms with Crippen LogP contribution in [0.15, 0.2) is 24.3 Å². The zero-order valence-electron chi connectivity index (χ0n) is 11.0. The largest absolute Gasteiger partial charge is 0.389 e. The normalized spacial score (nSPS) is 15.6. The third kappa shape index (κ3) is 6.06. The minimum Gasteiger partial charge on any atom is -0.389 e. The molecule has 0 heterocycles. The molecule has 1 aromatic carbocycles. The molecule has 0 fully saturated rings. The maximum atomic E-state index is 10.3. The Morgan fingerprint density at radius 3 is 2.12 bits per heavy atom. The third-order valence-corrected chi connectivity index (χ3v) is 2.75. The summed E-state index contributed by atoms with van der Waals surface area (Å²) >= 11 is 5.83. The molecule has 17 heavy (non-hydrogen) atoms. The first-order valence-corrected chi connectivity index (χ1v) is 6.28. The number of benzene rings is 1. The fourth-order valence-electron chi connectivity index (χ4n) is 1.56. The topological polar surface area (TPSA) is 32.3 Å². The molecular weight excluding hydrogens is 234 g/mol. The van der Waals surface area contributed by atoms with Gasteiger partial charge >= 0.3 is 0 Å². The van der Waals surface area contributed by atoms with E-state index in [9.17, 15) is 5.11 Å². The SMILES string of the molecule is CC(O)(CNC(C)(C)C)Cc1ccc(Cl)cc1. The van der Waals surface area contributed by atoms with E-state index in [1.165, 1.54) is 0 Å². The van der Waals surface area contributed by atoms with Crippen LogP contribution in [0.25, 0.3) is 0 Å². The Morgan fingerprint density at radius 1 is 1.12 bits per heavy atom. The van der Waals surface area contributed by atoms with Gasteiger partial charge in [0.2, 0.25) is 0 Å². The van der Waals surface area contributed by atoms with Crippen LogP contribution in [0.5, 0.6) is 0 Å². The number of rotatable bonds is 4. The van der Waals surface area contributed by atoms with Gasteiger partial charge in [0.25, 0.3) is 0 Å². The maximum absolute atomic E-state index is 10.3. The Balaban J connectivity index is 2.57. The lowest BCUT2D eigenvalue weighted by Gasteiger charge is -2.29. The summed E-state index contributed by atoms with van der Waals surface area (Å²) in [6.45, 7) is 8.68. The van der Waals surface area contributed by atoms with E-state index in [4.69, 9.17) is 11.6 Å². The quantitative estimate of drug-likeness (QED) is 0.867. The van der Waals surface area contributed by atoms with Crippen molar-refractivity contribution in [3.05, 3.63) is 34.9 Å². The Bertz CT molecular complexity index is 351. The second-order valence-corrected chi connectivity index (χ2v) is 6.34. The van der Waals surface area contributed by atoms with Crippen molar-refractivity contribution >= 4 is 11.6 Å². The molecule has 0 saturated carbocycles. The fourth-order valence-corrected chi connectivity index (χ4v) is 1.69. The van der Waals surface area contributed by atoms with Crippen LogP contribution >= 0.6 is 11.6 Å². The second-order valence-electron chi connectivity index (χ2n) is 5.90. The van der Waals surface area contributed by atoms with E-state index >= 15 is 0 Å². The van der Waals surface area contributed by atoms with Gasteiger partial charge in [-0.15, -0.1) is 0 Å². The molecule has 0 aliphatic carbocycles. The predicted octanol–water partition coefficient (Wildman–Crippen LogP) is 3.02. The van der Waals surface area contributed by atoms with Crippen LogP contribution in [0, 0.1) is 0 Å². The summed E-state index contributed by atoms with van der Waals surface area (Å²) in [7, 11) is 0. The molecule has 0 aliphatic heterocycles. The Morgan fingerprint density at radius 2 is 1.65 bits per heavy atom. The van der Waals surface area contributed by atoms with Gasteiger partial charge in [0.15, 0.2) is 0 Å². The Hall–Kier alpha value is -0.570. The van der Waals surface area contributed by atoms with Crippen molar-refractivity contribution in [3.63, 3.8) is 0 Å². The minimum atomic E-state index is -0.749. The van der Waals surface area contributed by atoms with Gasteiger partial charge in [-0.25, -0.2) is 0 Å². The Labute approximate surface area is 109 Å². The standard InChI is InChI=1S/C14H22ClNO/c1-13(2,3)16-10-14(4,17)9-11-5-7-12(15)8-6-11/h5-8,16-17H,9-10H2,1-4H3. The average molecular weight is 256 g/mol. The van der Waals surface area contributed by atoms with Crippen LogP contribution < -0.4 is 5.32 Å². The minimum absolute atomic E-state index is 0.0178. The van der Waals surface area contributed by atoms with Crippen LogP contribution in [0.2, 0.25) is 5.02 Å². The molecule has 0 amide bonds. The molecule has 3 heteroatoms. The third-order valence-electron chi connectivity index (χ3n) is 2.50. The summed E-state index contributed by atoms with van der Waals surface area (Å²) in [5, 5.41) is 14.3. The lowest BCUT2D eigenvalue weighted by molar-refractivity contribution is 0.0535. The molecule has 96 valence electrons. The van der Waals surface area contributed by atoms with Crippen molar-refractivity contribution in [1.82, 2.24) is 5.32 Å². The van der Waals surface area contributed by atoms with Gasteiger partial charge in [0.1, 0.15) is 0 Å². The molecule has 2 N–H and O–H groups in total. The lowest BCUT2D eigenvalue weighted by Crippen LogP contribution is -2.47. The number of β-amino-alcohol motifs (C(OH)–C–C–N with tert-alkyl or cyclic N) is 1. The smallest absolute Gasteiger partial charge is 0.0783 e. The van der Waals surface area contributed by atoms with E-state index in [2.05, 4.69) is 26.1 Å². The molecule has 1 atom stereocenters. The van der Waals surface area contributed by atoms with E-state index in [-0.39, 0.29) is 5.54 Å². The van der Waals surface area contributed by atoms with E-state index < -0.39 is 5.60 Å². The van der Waals surface area contributed by atoms with Crippen LogP contribution in [0.3, 0.4) is 0 Å². The van der Waals surface area contributed by atoms with E-state index in [1.807, 2.05) is 31.2 Å². The van der Waals surface area contributed by atoms with Crippen molar-refractivity contribution < 1.29 is 5.11 Å². The van der Waals surface area contributed by atoms with Gasteiger partial charge in [0.05, 0.1) is 5.60 Å². The van der Waals surface area contributed by atoms with E-state index in [0.29, 0.717) is 13.0 Å². The second kappa shape index (κ2) is 5.38. The maximum Gasteiger partial charge on any atom is 0.0783 e. The molecule has 1 aromatic rings. The van der Waals surface area contributed by atoms with E-state index in [0.717, 1.165) is 10.6 Å². The lowest BCUT2D eigenvalue weighted by atomic mass is 9.95. The molecule has 1 unspecified atom stereocenters. The van der Waals surface area contributed by atoms with E-state index in [1.54, 1.807) is 0 Å². The number of hydrogen-bond acceptors (Lipinski definition) is 2. The van der Waals surface area contributed by atoms with Gasteiger partial charge < -0.3 is 10.4 Å². The van der Waals surface area contributed by atoms with Crippen molar-refractivity contribution in [2.24, 2.45) is 0 Å². The number of nitrogens with one attached hydrogen (secondary N) is 1. The summed E-state index contributed by atoms with van der Waals surface area (Å²) in [6.07, 6.45) is 0.618. The monoisotopic (exact) mass is 255 g/mol. The highest BCUT2D eigenvalue weighted by Gasteiger charge is 2.23. The highest BCUT2D eigenvalue weighted by atomic mass is 35.5. The zero-order chi connectivity index (χ0) is 13.1. The summed E-state index contributed by atoms with van der Waals surface area (Å²) in [5.74, 6) is 0. The fraction of sp³-hybridized carbons (Fsp3) is 0.571. The molecule has 2 nitrogen and oxygen atoms in total. The van der Waals surface area contributed by atoms with Gasteiger partial charge in [-0.2, -0.15) is 0 Å². The molecule has 1 rings (SSSR count). The van der Waals surface area contributed by atoms with Crippen LogP contribution in [0.4, 0.5) is 0 Å². The highest BCUT2D eigenvalue weighted by molar-refractivity contribution is 6.30. The summed E-state index contributed by atoms with van der Waals surface area (Å²) in [4.78, 5) is 0. The molecule has 0 saturated heterocycles. The van der Waals surface area contributed by atoms with Crippen LogP contribution in [-0.4, -0.2) is 22.8 Å². The molecular formula is C14H22ClNO. The highest BCUT2D eigenvalue weighted by Crippen LogP contribution is 2.16. The summed E-state index contributed by atoms with van der Waals surface area (Å²) < 4.78 is 0. The van der Waals surface area contributed by atoms with Gasteiger partial charge in [-0.3, -0.25) is 0 Å². The molecule has 0 radical (unpaired) electrons. The van der Waals surface area contributed by atoms with Crippen molar-refractivity contribution in [2.45, 2.75) is 45.3 Å². The predicted molar refractivity (Wildman–Crippen MR) is 73.5 cm³/mol. The number of aliphatic hydroxyl groups is 1. The van der Waals surface area contributed by atoms with Crippen molar-refractivity contribution in [1.29, 1.82) is 0 Å². The molecule has 0 spiro atoms. The molecule has 0 aromatic heterocycles.